The molecule has 0 spiro atoms. The highest BCUT2D eigenvalue weighted by molar-refractivity contribution is 8.14. The van der Waals surface area contributed by atoms with Crippen molar-refractivity contribution < 1.29 is 9.59 Å². The Kier molecular flexibility index (Phi) is 4.33. The molecule has 1 fully saturated rings. The van der Waals surface area contributed by atoms with Gasteiger partial charge in [0.25, 0.3) is 5.91 Å². The number of carbonyl (C=O) groups excluding carboxylic acids is 2. The minimum absolute atomic E-state index is 0.0102. The van der Waals surface area contributed by atoms with Crippen LogP contribution < -0.4 is 0 Å². The zero-order chi connectivity index (χ0) is 16.4. The lowest BCUT2D eigenvalue weighted by Crippen LogP contribution is -2.37. The number of likely N-dealkylation sites (N-methyl/N-ethyl adjacent to an activating group) is 1. The number of amidine groups is 1. The maximum absolute atomic E-state index is 12.5. The van der Waals surface area contributed by atoms with Gasteiger partial charge in [-0.1, -0.05) is 11.8 Å². The van der Waals surface area contributed by atoms with Crippen molar-refractivity contribution >= 4 is 39.8 Å². The summed E-state index contributed by atoms with van der Waals surface area (Å²) in [5, 5.41) is 1.35. The topological polar surface area (TPSA) is 81.7 Å². The van der Waals surface area contributed by atoms with E-state index in [4.69, 9.17) is 0 Å². The number of nitrogens with zero attached hydrogens (tertiary/aromatic N) is 4. The summed E-state index contributed by atoms with van der Waals surface area (Å²) in [6.45, 7) is 0.952. The van der Waals surface area contributed by atoms with Crippen molar-refractivity contribution in [2.24, 2.45) is 4.99 Å². The number of hydrogen-bond donors (Lipinski definition) is 1. The molecule has 2 amide bonds. The second kappa shape index (κ2) is 6.41. The summed E-state index contributed by atoms with van der Waals surface area (Å²) < 4.78 is 0. The standard InChI is InChI=1S/C15H17N5O2S/c1-19(2)12(21)9-20-6-7-23-15(20)18-14(22)11-8-17-13-10(11)4-3-5-16-13/h3-5,8H,6-7,9H2,1-2H3,(H,16,17)/b18-15-. The van der Waals surface area contributed by atoms with Crippen LogP contribution >= 0.6 is 11.8 Å². The number of pyridine rings is 1. The van der Waals surface area contributed by atoms with E-state index in [1.807, 2.05) is 11.0 Å². The van der Waals surface area contributed by atoms with Gasteiger partial charge < -0.3 is 14.8 Å². The van der Waals surface area contributed by atoms with Gasteiger partial charge in [0.2, 0.25) is 5.91 Å². The summed E-state index contributed by atoms with van der Waals surface area (Å²) >= 11 is 1.49. The summed E-state index contributed by atoms with van der Waals surface area (Å²) in [4.78, 5) is 39.1. The van der Waals surface area contributed by atoms with Crippen molar-refractivity contribution in [2.45, 2.75) is 0 Å². The molecule has 0 atom stereocenters. The number of nitrogens with one attached hydrogen (secondary N) is 1. The summed E-state index contributed by atoms with van der Waals surface area (Å²) in [6, 6.07) is 3.62. The number of hydrogen-bond acceptors (Lipinski definition) is 4. The third-order valence-corrected chi connectivity index (χ3v) is 4.56. The fraction of sp³-hybridized carbons (Fsp3) is 0.333. The number of aromatic amines is 1. The summed E-state index contributed by atoms with van der Waals surface area (Å²) in [6.07, 6.45) is 3.29. The fourth-order valence-electron chi connectivity index (χ4n) is 2.27. The molecule has 3 heterocycles. The van der Waals surface area contributed by atoms with Gasteiger partial charge in [-0.2, -0.15) is 4.99 Å². The maximum atomic E-state index is 12.5. The highest BCUT2D eigenvalue weighted by atomic mass is 32.2. The summed E-state index contributed by atoms with van der Waals surface area (Å²) in [7, 11) is 3.43. The van der Waals surface area contributed by atoms with Gasteiger partial charge in [-0.3, -0.25) is 9.59 Å². The summed E-state index contributed by atoms with van der Waals surface area (Å²) in [5.41, 5.74) is 1.15. The first-order chi connectivity index (χ1) is 11.1. The van der Waals surface area contributed by atoms with Crippen molar-refractivity contribution in [3.63, 3.8) is 0 Å². The minimum Gasteiger partial charge on any atom is -0.347 e. The zero-order valence-corrected chi connectivity index (χ0v) is 13.8. The van der Waals surface area contributed by atoms with Crippen LogP contribution in [0.4, 0.5) is 0 Å². The molecule has 8 heteroatoms. The maximum Gasteiger partial charge on any atom is 0.281 e. The van der Waals surface area contributed by atoms with E-state index in [1.54, 1.807) is 32.6 Å². The van der Waals surface area contributed by atoms with Crippen molar-refractivity contribution in [1.82, 2.24) is 19.8 Å². The number of aliphatic imine (C=N–C) groups is 1. The quantitative estimate of drug-likeness (QED) is 0.914. The van der Waals surface area contributed by atoms with E-state index in [9.17, 15) is 9.59 Å². The van der Waals surface area contributed by atoms with Crippen LogP contribution in [0.5, 0.6) is 0 Å². The first kappa shape index (κ1) is 15.5. The van der Waals surface area contributed by atoms with Gasteiger partial charge in [-0.05, 0) is 12.1 Å². The van der Waals surface area contributed by atoms with Crippen LogP contribution in [0.1, 0.15) is 10.4 Å². The predicted octanol–water partition coefficient (Wildman–Crippen LogP) is 1.20. The van der Waals surface area contributed by atoms with Crippen LogP contribution in [-0.4, -0.2) is 69.7 Å². The molecule has 0 aromatic carbocycles. The zero-order valence-electron chi connectivity index (χ0n) is 12.9. The second-order valence-electron chi connectivity index (χ2n) is 5.36. The lowest BCUT2D eigenvalue weighted by Gasteiger charge is -2.19. The van der Waals surface area contributed by atoms with E-state index in [-0.39, 0.29) is 18.4 Å². The monoisotopic (exact) mass is 331 g/mol. The van der Waals surface area contributed by atoms with Crippen molar-refractivity contribution in [3.8, 4) is 0 Å². The molecule has 1 aliphatic heterocycles. The lowest BCUT2D eigenvalue weighted by molar-refractivity contribution is -0.128. The van der Waals surface area contributed by atoms with Crippen molar-refractivity contribution in [3.05, 3.63) is 30.1 Å². The van der Waals surface area contributed by atoms with E-state index in [0.29, 0.717) is 22.9 Å². The molecule has 2 aromatic rings. The molecular weight excluding hydrogens is 314 g/mol. The highest BCUT2D eigenvalue weighted by Crippen LogP contribution is 2.21. The minimum atomic E-state index is -0.323. The Morgan fingerprint density at radius 2 is 2.30 bits per heavy atom. The summed E-state index contributed by atoms with van der Waals surface area (Å²) in [5.74, 6) is 0.488. The third kappa shape index (κ3) is 3.21. The third-order valence-electron chi connectivity index (χ3n) is 3.57. The second-order valence-corrected chi connectivity index (χ2v) is 6.42. The Balaban J connectivity index is 1.82. The molecular formula is C15H17N5O2S. The predicted molar refractivity (Wildman–Crippen MR) is 90.6 cm³/mol. The Hall–Kier alpha value is -2.35. The van der Waals surface area contributed by atoms with Crippen LogP contribution in [-0.2, 0) is 4.79 Å². The fourth-order valence-corrected chi connectivity index (χ4v) is 3.25. The number of carbonyl (C=O) groups is 2. The van der Waals surface area contributed by atoms with Crippen LogP contribution in [0.25, 0.3) is 11.0 Å². The first-order valence-corrected chi connectivity index (χ1v) is 8.18. The van der Waals surface area contributed by atoms with E-state index >= 15 is 0 Å². The molecule has 2 aromatic heterocycles. The van der Waals surface area contributed by atoms with Crippen LogP contribution in [0.15, 0.2) is 29.5 Å². The van der Waals surface area contributed by atoms with Crippen LogP contribution in [0.3, 0.4) is 0 Å². The largest absolute Gasteiger partial charge is 0.347 e. The highest BCUT2D eigenvalue weighted by Gasteiger charge is 2.24. The lowest BCUT2D eigenvalue weighted by atomic mass is 10.2. The van der Waals surface area contributed by atoms with Gasteiger partial charge in [0.15, 0.2) is 5.17 Å². The molecule has 1 saturated heterocycles. The molecule has 0 saturated carbocycles. The average molecular weight is 331 g/mol. The molecule has 7 nitrogen and oxygen atoms in total. The molecule has 3 rings (SSSR count). The van der Waals surface area contributed by atoms with Gasteiger partial charge in [0.05, 0.1) is 12.1 Å². The van der Waals surface area contributed by atoms with E-state index in [1.165, 1.54) is 16.7 Å². The Morgan fingerprint density at radius 3 is 3.09 bits per heavy atom. The van der Waals surface area contributed by atoms with E-state index in [0.717, 1.165) is 11.1 Å². The van der Waals surface area contributed by atoms with Crippen molar-refractivity contribution in [1.29, 1.82) is 0 Å². The van der Waals surface area contributed by atoms with Crippen LogP contribution in [0, 0.1) is 0 Å². The number of rotatable bonds is 3. The van der Waals surface area contributed by atoms with E-state index in [2.05, 4.69) is 15.0 Å². The molecule has 0 bridgehead atoms. The van der Waals surface area contributed by atoms with Gasteiger partial charge in [-0.15, -0.1) is 0 Å². The number of amides is 2. The molecule has 0 unspecified atom stereocenters. The Morgan fingerprint density at radius 1 is 1.48 bits per heavy atom. The normalized spacial score (nSPS) is 16.3. The molecule has 1 aliphatic rings. The van der Waals surface area contributed by atoms with Gasteiger partial charge in [-0.25, -0.2) is 4.98 Å². The molecule has 1 N–H and O–H groups in total. The van der Waals surface area contributed by atoms with Gasteiger partial charge in [0, 0.05) is 44.2 Å². The van der Waals surface area contributed by atoms with Gasteiger partial charge in [0.1, 0.15) is 5.65 Å². The van der Waals surface area contributed by atoms with Crippen LogP contribution in [0.2, 0.25) is 0 Å². The van der Waals surface area contributed by atoms with Crippen molar-refractivity contribution in [2.75, 3.05) is 32.9 Å². The molecule has 0 aliphatic carbocycles. The van der Waals surface area contributed by atoms with E-state index < -0.39 is 0 Å². The van der Waals surface area contributed by atoms with Gasteiger partial charge >= 0.3 is 0 Å². The molecule has 0 radical (unpaired) electrons. The smallest absolute Gasteiger partial charge is 0.281 e. The number of fused-ring (bicyclic) bond motifs is 1. The molecule has 120 valence electrons. The number of H-pyrrole nitrogens is 1. The Bertz CT molecular complexity index is 783. The number of aromatic nitrogens is 2. The average Bonchev–Trinajstić information content (AvgIpc) is 3.14. The SMILES string of the molecule is CN(C)C(=O)CN1CCS/C1=N\C(=O)c1c[nH]c2ncccc12. The number of thioether (sulfide) groups is 1. The first-order valence-electron chi connectivity index (χ1n) is 7.19. The molecule has 23 heavy (non-hydrogen) atoms. The Labute approximate surface area is 137 Å².